The van der Waals surface area contributed by atoms with E-state index in [1.165, 1.54) is 20.2 Å². The lowest BCUT2D eigenvalue weighted by Crippen LogP contribution is -1.96. The van der Waals surface area contributed by atoms with Gasteiger partial charge in [-0.25, -0.2) is 9.97 Å². The molecule has 0 saturated carbocycles. The van der Waals surface area contributed by atoms with Crippen LogP contribution in [0.25, 0.3) is 120 Å². The quantitative estimate of drug-likeness (QED) is 0.171. The van der Waals surface area contributed by atoms with Crippen molar-refractivity contribution in [3.05, 3.63) is 217 Å². The minimum absolute atomic E-state index is 0.485. The van der Waals surface area contributed by atoms with Crippen LogP contribution < -0.4 is 0 Å². The zero-order valence-corrected chi connectivity index (χ0v) is 38.7. The van der Waals surface area contributed by atoms with Crippen molar-refractivity contribution in [2.24, 2.45) is 0 Å². The van der Waals surface area contributed by atoms with Crippen LogP contribution in [-0.2, 0) is 0 Å². The third-order valence-corrected chi connectivity index (χ3v) is 14.5. The second-order valence-corrected chi connectivity index (χ2v) is 18.6. The van der Waals surface area contributed by atoms with Gasteiger partial charge in [0.15, 0.2) is 0 Å². The number of nitrogens with zero attached hydrogens (tertiary/aromatic N) is 8. The van der Waals surface area contributed by atoms with E-state index in [9.17, 15) is 21.0 Å². The molecule has 0 aliphatic carbocycles. The summed E-state index contributed by atoms with van der Waals surface area (Å²) in [5.41, 5.74) is 13.6. The topological polar surface area (TPSA) is 144 Å². The Hall–Kier alpha value is -10.4. The lowest BCUT2D eigenvalue weighted by atomic mass is 10.0. The number of fused-ring (bicyclic) bond motifs is 12. The summed E-state index contributed by atoms with van der Waals surface area (Å²) in [5.74, 6) is 0. The Balaban J connectivity index is 0.000000140. The van der Waals surface area contributed by atoms with Crippen LogP contribution in [0.1, 0.15) is 22.3 Å². The third-order valence-electron chi connectivity index (χ3n) is 13.4. The molecule has 0 spiro atoms. The number of hydrogen-bond donors (Lipinski definition) is 0. The summed E-state index contributed by atoms with van der Waals surface area (Å²) >= 11 is 1.82. The van der Waals surface area contributed by atoms with Gasteiger partial charge in [-0.3, -0.25) is 9.13 Å². The van der Waals surface area contributed by atoms with Gasteiger partial charge < -0.3 is 4.42 Å². The van der Waals surface area contributed by atoms with Crippen LogP contribution >= 0.6 is 11.3 Å². The van der Waals surface area contributed by atoms with Crippen LogP contribution in [0.3, 0.4) is 0 Å². The third kappa shape index (κ3) is 6.80. The molecule has 0 aliphatic heterocycles. The molecule has 0 amide bonds. The average molecular weight is 937 g/mol. The fraction of sp³-hybridized carbons (Fsp3) is 0. The summed E-state index contributed by atoms with van der Waals surface area (Å²) in [4.78, 5) is 9.29. The largest absolute Gasteiger partial charge is 0.456 e. The first-order valence-corrected chi connectivity index (χ1v) is 23.8. The minimum Gasteiger partial charge on any atom is -0.456 e. The summed E-state index contributed by atoms with van der Waals surface area (Å²) in [6.45, 7) is 0. The summed E-state index contributed by atoms with van der Waals surface area (Å²) in [6, 6.07) is 70.0. The van der Waals surface area contributed by atoms with Gasteiger partial charge in [0.1, 0.15) is 34.6 Å². The molecule has 8 aromatic carbocycles. The number of para-hydroxylation sites is 1. The van der Waals surface area contributed by atoms with Crippen molar-refractivity contribution in [2.75, 3.05) is 0 Å². The molecule has 0 fully saturated rings. The molecule has 0 bridgehead atoms. The molecule has 0 aliphatic rings. The molecular formula is C62H32N8OS. The smallest absolute Gasteiger partial charge is 0.145 e. The molecule has 332 valence electrons. The number of thiophene rings is 1. The van der Waals surface area contributed by atoms with E-state index in [4.69, 9.17) is 4.42 Å². The maximum atomic E-state index is 9.46. The Labute approximate surface area is 414 Å². The number of rotatable bonds is 4. The van der Waals surface area contributed by atoms with Crippen LogP contribution in [0.4, 0.5) is 0 Å². The number of aromatic nitrogens is 4. The van der Waals surface area contributed by atoms with Gasteiger partial charge in [0, 0.05) is 76.3 Å². The van der Waals surface area contributed by atoms with Gasteiger partial charge in [-0.2, -0.15) is 21.0 Å². The maximum absolute atomic E-state index is 9.46. The molecule has 0 atom stereocenters. The Kier molecular flexibility index (Phi) is 9.70. The average Bonchev–Trinajstić information content (AvgIpc) is 4.19. The van der Waals surface area contributed by atoms with E-state index in [0.717, 1.165) is 99.4 Å². The second-order valence-electron chi connectivity index (χ2n) is 17.5. The molecule has 72 heavy (non-hydrogen) atoms. The minimum atomic E-state index is 0.485. The fourth-order valence-corrected chi connectivity index (χ4v) is 11.1. The zero-order chi connectivity index (χ0) is 48.5. The molecular weight excluding hydrogens is 905 g/mol. The zero-order valence-electron chi connectivity index (χ0n) is 37.9. The Morgan fingerprint density at radius 3 is 1.44 bits per heavy atom. The number of furan rings is 1. The summed E-state index contributed by atoms with van der Waals surface area (Å²) in [7, 11) is 0. The van der Waals surface area contributed by atoms with E-state index in [-0.39, 0.29) is 0 Å². The highest BCUT2D eigenvalue weighted by Gasteiger charge is 2.18. The van der Waals surface area contributed by atoms with Crippen LogP contribution in [0.2, 0.25) is 0 Å². The van der Waals surface area contributed by atoms with Crippen molar-refractivity contribution < 1.29 is 4.42 Å². The molecule has 6 aromatic heterocycles. The van der Waals surface area contributed by atoms with Crippen LogP contribution in [0.15, 0.2) is 199 Å². The molecule has 10 heteroatoms. The van der Waals surface area contributed by atoms with Gasteiger partial charge in [-0.1, -0.05) is 72.8 Å². The molecule has 6 heterocycles. The molecule has 0 saturated heterocycles. The van der Waals surface area contributed by atoms with Crippen LogP contribution in [-0.4, -0.2) is 19.1 Å². The van der Waals surface area contributed by atoms with Gasteiger partial charge in [0.05, 0.1) is 45.4 Å². The second kappa shape index (κ2) is 16.7. The molecule has 0 unspecified atom stereocenters. The lowest BCUT2D eigenvalue weighted by molar-refractivity contribution is 0.669. The van der Waals surface area contributed by atoms with Crippen LogP contribution in [0, 0.1) is 45.3 Å². The molecule has 14 aromatic rings. The summed E-state index contributed by atoms with van der Waals surface area (Å²) in [5, 5.41) is 46.0. The maximum Gasteiger partial charge on any atom is 0.145 e. The van der Waals surface area contributed by atoms with Crippen molar-refractivity contribution in [1.29, 1.82) is 21.0 Å². The predicted octanol–water partition coefficient (Wildman–Crippen LogP) is 15.4. The van der Waals surface area contributed by atoms with E-state index >= 15 is 0 Å². The number of pyridine rings is 2. The summed E-state index contributed by atoms with van der Waals surface area (Å²) in [6.07, 6.45) is 3.19. The first-order valence-electron chi connectivity index (χ1n) is 23.0. The van der Waals surface area contributed by atoms with Crippen molar-refractivity contribution in [1.82, 2.24) is 19.1 Å². The highest BCUT2D eigenvalue weighted by atomic mass is 32.1. The normalized spacial score (nSPS) is 11.3. The Bertz CT molecular complexity index is 4330. The number of hydrogen-bond acceptors (Lipinski definition) is 8. The number of benzene rings is 8. The number of nitriles is 4. The summed E-state index contributed by atoms with van der Waals surface area (Å²) < 4.78 is 12.8. The van der Waals surface area contributed by atoms with Gasteiger partial charge in [0.2, 0.25) is 0 Å². The fourth-order valence-electron chi connectivity index (χ4n) is 10.0. The first kappa shape index (κ1) is 41.8. The van der Waals surface area contributed by atoms with E-state index < -0.39 is 0 Å². The standard InChI is InChI=1S/C31H16N4O.C31H16N4S/c2*32-16-19-8-10-28-25(12-19)27-13-20(17-33)18-34-31(27)35(28)23-5-3-4-21(14-23)22-9-11-30-26(15-22)24-6-1-2-7-29(24)36-30/h2*1-15,18H. The van der Waals surface area contributed by atoms with Gasteiger partial charge in [0.25, 0.3) is 0 Å². The molecule has 14 rings (SSSR count). The van der Waals surface area contributed by atoms with Gasteiger partial charge in [-0.15, -0.1) is 11.3 Å². The predicted molar refractivity (Wildman–Crippen MR) is 287 cm³/mol. The molecule has 0 N–H and O–H groups in total. The highest BCUT2D eigenvalue weighted by molar-refractivity contribution is 7.25. The molecule has 0 radical (unpaired) electrons. The first-order chi connectivity index (χ1) is 35.5. The van der Waals surface area contributed by atoms with Gasteiger partial charge >= 0.3 is 0 Å². The van der Waals surface area contributed by atoms with Gasteiger partial charge in [-0.05, 0) is 131 Å². The van der Waals surface area contributed by atoms with Crippen LogP contribution in [0.5, 0.6) is 0 Å². The van der Waals surface area contributed by atoms with E-state index in [2.05, 4.69) is 140 Å². The van der Waals surface area contributed by atoms with Crippen molar-refractivity contribution in [2.45, 2.75) is 0 Å². The van der Waals surface area contributed by atoms with Crippen molar-refractivity contribution >= 4 is 97.3 Å². The van der Waals surface area contributed by atoms with E-state index in [0.29, 0.717) is 22.3 Å². The highest BCUT2D eigenvalue weighted by Crippen LogP contribution is 2.39. The molecule has 9 nitrogen and oxygen atoms in total. The Morgan fingerprint density at radius 1 is 0.361 bits per heavy atom. The Morgan fingerprint density at radius 2 is 0.847 bits per heavy atom. The van der Waals surface area contributed by atoms with Crippen molar-refractivity contribution in [3.63, 3.8) is 0 Å². The van der Waals surface area contributed by atoms with Crippen molar-refractivity contribution in [3.8, 4) is 57.9 Å². The lowest BCUT2D eigenvalue weighted by Gasteiger charge is -2.10. The SMILES string of the molecule is N#Cc1ccc2c(c1)c1cc(C#N)cnc1n2-c1cccc(-c2ccc3oc4ccccc4c3c2)c1.N#Cc1ccc2c(c1)c1cc(C#N)cnc1n2-c1cccc(-c2ccc3sc4ccccc4c3c2)c1. The monoisotopic (exact) mass is 936 g/mol. The van der Waals surface area contributed by atoms with E-state index in [1.807, 2.05) is 96.3 Å². The van der Waals surface area contributed by atoms with E-state index in [1.54, 1.807) is 12.4 Å².